The second-order valence-corrected chi connectivity index (χ2v) is 7.28. The van der Waals surface area contributed by atoms with Crippen molar-refractivity contribution >= 4 is 41.1 Å². The van der Waals surface area contributed by atoms with Crippen molar-refractivity contribution in [2.24, 2.45) is 0 Å². The Morgan fingerprint density at radius 2 is 1.90 bits per heavy atom. The zero-order valence-electron chi connectivity index (χ0n) is 16.3. The SMILES string of the molecule is COC(=O)c1c(/C=C2\C(=O)C=Cc3ccccc32)c(O)n(-c2cccc(Cl)c2)c1C. The van der Waals surface area contributed by atoms with Crippen LogP contribution in [0.1, 0.15) is 32.7 Å². The quantitative estimate of drug-likeness (QED) is 0.475. The van der Waals surface area contributed by atoms with E-state index >= 15 is 0 Å². The van der Waals surface area contributed by atoms with Crippen LogP contribution in [-0.2, 0) is 9.53 Å². The standard InChI is InChI=1S/C24H18ClNO4/c1-14-22(24(29)30-2)20(23(28)26(14)17-8-5-7-16(25)12-17)13-19-18-9-4-3-6-15(18)10-11-21(19)27/h3-13,28H,1-2H3/b19-13-. The number of ketones is 1. The lowest BCUT2D eigenvalue weighted by atomic mass is 9.90. The van der Waals surface area contributed by atoms with E-state index < -0.39 is 5.97 Å². The fourth-order valence-electron chi connectivity index (χ4n) is 3.69. The number of aromatic hydroxyl groups is 1. The number of carbonyl (C=O) groups excluding carboxylic acids is 2. The van der Waals surface area contributed by atoms with Crippen LogP contribution in [-0.4, -0.2) is 28.5 Å². The molecule has 1 aliphatic carbocycles. The molecule has 1 heterocycles. The highest BCUT2D eigenvalue weighted by Gasteiger charge is 2.27. The monoisotopic (exact) mass is 419 g/mol. The fourth-order valence-corrected chi connectivity index (χ4v) is 3.88. The van der Waals surface area contributed by atoms with Gasteiger partial charge in [0, 0.05) is 16.3 Å². The number of aromatic nitrogens is 1. The maximum atomic E-state index is 12.7. The molecule has 0 bridgehead atoms. The molecule has 5 nitrogen and oxygen atoms in total. The smallest absolute Gasteiger partial charge is 0.340 e. The van der Waals surface area contributed by atoms with Crippen molar-refractivity contribution in [3.63, 3.8) is 0 Å². The summed E-state index contributed by atoms with van der Waals surface area (Å²) in [5.74, 6) is -0.998. The van der Waals surface area contributed by atoms with Gasteiger partial charge in [-0.15, -0.1) is 0 Å². The molecule has 30 heavy (non-hydrogen) atoms. The number of carbonyl (C=O) groups is 2. The third kappa shape index (κ3) is 3.23. The van der Waals surface area contributed by atoms with E-state index in [9.17, 15) is 14.7 Å². The molecule has 0 saturated heterocycles. The Bertz CT molecular complexity index is 1250. The number of methoxy groups -OCH3 is 1. The number of ether oxygens (including phenoxy) is 1. The zero-order valence-corrected chi connectivity index (χ0v) is 17.1. The number of fused-ring (bicyclic) bond motifs is 1. The summed E-state index contributed by atoms with van der Waals surface area (Å²) in [5, 5.41) is 11.6. The number of benzene rings is 2. The van der Waals surface area contributed by atoms with Gasteiger partial charge in [0.25, 0.3) is 0 Å². The van der Waals surface area contributed by atoms with Gasteiger partial charge in [-0.05, 0) is 48.4 Å². The Labute approximate surface area is 178 Å². The predicted octanol–water partition coefficient (Wildman–Crippen LogP) is 5.07. The van der Waals surface area contributed by atoms with Gasteiger partial charge in [0.05, 0.1) is 23.9 Å². The molecule has 1 aromatic heterocycles. The van der Waals surface area contributed by atoms with Gasteiger partial charge in [-0.25, -0.2) is 4.79 Å². The topological polar surface area (TPSA) is 68.5 Å². The van der Waals surface area contributed by atoms with Crippen molar-refractivity contribution in [3.05, 3.63) is 87.6 Å². The van der Waals surface area contributed by atoms with Crippen LogP contribution in [0.5, 0.6) is 5.88 Å². The summed E-state index contributed by atoms with van der Waals surface area (Å²) in [4.78, 5) is 25.2. The van der Waals surface area contributed by atoms with Gasteiger partial charge in [0.15, 0.2) is 5.78 Å². The molecular weight excluding hydrogens is 402 g/mol. The van der Waals surface area contributed by atoms with E-state index in [2.05, 4.69) is 0 Å². The van der Waals surface area contributed by atoms with Crippen molar-refractivity contribution in [3.8, 4) is 11.6 Å². The Morgan fingerprint density at radius 1 is 1.13 bits per heavy atom. The molecule has 0 unspecified atom stereocenters. The van der Waals surface area contributed by atoms with Gasteiger partial charge in [-0.3, -0.25) is 9.36 Å². The summed E-state index contributed by atoms with van der Waals surface area (Å²) >= 11 is 6.12. The first kappa shape index (κ1) is 19.7. The van der Waals surface area contributed by atoms with Crippen LogP contribution < -0.4 is 0 Å². The zero-order chi connectivity index (χ0) is 21.4. The van der Waals surface area contributed by atoms with Gasteiger partial charge in [-0.1, -0.05) is 48.0 Å². The Hall–Kier alpha value is -3.57. The molecule has 1 aliphatic rings. The lowest BCUT2D eigenvalue weighted by Crippen LogP contribution is -2.07. The number of esters is 1. The maximum Gasteiger partial charge on any atom is 0.340 e. The lowest BCUT2D eigenvalue weighted by Gasteiger charge is -2.13. The van der Waals surface area contributed by atoms with Gasteiger partial charge in [0.1, 0.15) is 0 Å². The van der Waals surface area contributed by atoms with Crippen LogP contribution in [0.25, 0.3) is 23.4 Å². The minimum atomic E-state index is -0.609. The van der Waals surface area contributed by atoms with Crippen LogP contribution in [0, 0.1) is 6.92 Å². The van der Waals surface area contributed by atoms with Gasteiger partial charge >= 0.3 is 5.97 Å². The molecule has 0 aliphatic heterocycles. The summed E-state index contributed by atoms with van der Waals surface area (Å²) in [7, 11) is 1.27. The minimum Gasteiger partial charge on any atom is -0.494 e. The first-order valence-corrected chi connectivity index (χ1v) is 9.62. The summed E-state index contributed by atoms with van der Waals surface area (Å²) in [6, 6.07) is 14.4. The number of halogens is 1. The first-order valence-electron chi connectivity index (χ1n) is 9.24. The van der Waals surface area contributed by atoms with Crippen molar-refractivity contribution in [2.75, 3.05) is 7.11 Å². The number of allylic oxidation sites excluding steroid dienone is 2. The van der Waals surface area contributed by atoms with E-state index in [1.807, 2.05) is 24.3 Å². The van der Waals surface area contributed by atoms with Crippen molar-refractivity contribution < 1.29 is 19.4 Å². The van der Waals surface area contributed by atoms with Crippen LogP contribution >= 0.6 is 11.6 Å². The molecule has 0 spiro atoms. The molecule has 4 rings (SSSR count). The highest BCUT2D eigenvalue weighted by Crippen LogP contribution is 2.37. The van der Waals surface area contributed by atoms with Crippen LogP contribution in [0.3, 0.4) is 0 Å². The molecule has 150 valence electrons. The number of nitrogens with zero attached hydrogens (tertiary/aromatic N) is 1. The Morgan fingerprint density at radius 3 is 2.63 bits per heavy atom. The van der Waals surface area contributed by atoms with Gasteiger partial charge in [0.2, 0.25) is 5.88 Å². The highest BCUT2D eigenvalue weighted by molar-refractivity contribution is 6.33. The molecular formula is C24H18ClNO4. The molecule has 3 aromatic rings. The highest BCUT2D eigenvalue weighted by atomic mass is 35.5. The van der Waals surface area contributed by atoms with Crippen LogP contribution in [0.4, 0.5) is 0 Å². The average Bonchev–Trinajstić information content (AvgIpc) is 2.99. The Kier molecular flexibility index (Phi) is 5.06. The predicted molar refractivity (Wildman–Crippen MR) is 117 cm³/mol. The van der Waals surface area contributed by atoms with Crippen molar-refractivity contribution in [2.45, 2.75) is 6.92 Å². The van der Waals surface area contributed by atoms with Crippen LogP contribution in [0.2, 0.25) is 5.02 Å². The third-order valence-electron chi connectivity index (χ3n) is 5.09. The molecule has 1 N–H and O–H groups in total. The van der Waals surface area contributed by atoms with Crippen molar-refractivity contribution in [1.29, 1.82) is 0 Å². The molecule has 6 heteroatoms. The summed E-state index contributed by atoms with van der Waals surface area (Å²) < 4.78 is 6.47. The second kappa shape index (κ2) is 7.69. The van der Waals surface area contributed by atoms with Gasteiger partial charge in [-0.2, -0.15) is 0 Å². The number of hydrogen-bond acceptors (Lipinski definition) is 4. The molecule has 0 saturated carbocycles. The lowest BCUT2D eigenvalue weighted by molar-refractivity contribution is -0.109. The van der Waals surface area contributed by atoms with E-state index in [1.54, 1.807) is 43.3 Å². The van der Waals surface area contributed by atoms with E-state index in [1.165, 1.54) is 17.8 Å². The van der Waals surface area contributed by atoms with Crippen LogP contribution in [0.15, 0.2) is 54.6 Å². The van der Waals surface area contributed by atoms with E-state index in [0.717, 1.165) is 11.1 Å². The third-order valence-corrected chi connectivity index (χ3v) is 5.33. The second-order valence-electron chi connectivity index (χ2n) is 6.85. The first-order chi connectivity index (χ1) is 14.4. The normalized spacial score (nSPS) is 14.1. The molecule has 0 amide bonds. The summed E-state index contributed by atoms with van der Waals surface area (Å²) in [5.41, 5.74) is 3.46. The molecule has 0 fully saturated rings. The average molecular weight is 420 g/mol. The van der Waals surface area contributed by atoms with Gasteiger partial charge < -0.3 is 9.84 Å². The van der Waals surface area contributed by atoms with E-state index in [0.29, 0.717) is 22.0 Å². The number of rotatable bonds is 3. The fraction of sp³-hybridized carbons (Fsp3) is 0.0833. The number of hydrogen-bond donors (Lipinski definition) is 1. The molecule has 0 atom stereocenters. The van der Waals surface area contributed by atoms with E-state index in [4.69, 9.17) is 16.3 Å². The largest absolute Gasteiger partial charge is 0.494 e. The van der Waals surface area contributed by atoms with E-state index in [-0.39, 0.29) is 22.8 Å². The summed E-state index contributed by atoms with van der Waals surface area (Å²) in [6.07, 6.45) is 4.77. The maximum absolute atomic E-state index is 12.7. The molecule has 0 radical (unpaired) electrons. The summed E-state index contributed by atoms with van der Waals surface area (Å²) in [6.45, 7) is 1.70. The minimum absolute atomic E-state index is 0.178. The Balaban J connectivity index is 2.00. The molecule has 2 aromatic carbocycles. The van der Waals surface area contributed by atoms with Crippen molar-refractivity contribution in [1.82, 2.24) is 4.57 Å².